The first-order chi connectivity index (χ1) is 12.8. The fourth-order valence-electron chi connectivity index (χ4n) is 2.58. The van der Waals surface area contributed by atoms with Crippen molar-refractivity contribution in [3.05, 3.63) is 71.3 Å². The van der Waals surface area contributed by atoms with Gasteiger partial charge in [-0.15, -0.1) is 0 Å². The number of benzene rings is 2. The number of hydrogen-bond acceptors (Lipinski definition) is 4. The van der Waals surface area contributed by atoms with Crippen molar-refractivity contribution in [3.63, 3.8) is 0 Å². The van der Waals surface area contributed by atoms with Crippen LogP contribution in [0.5, 0.6) is 0 Å². The third-order valence-electron chi connectivity index (χ3n) is 3.83. The van der Waals surface area contributed by atoms with Gasteiger partial charge in [0.15, 0.2) is 5.69 Å². The van der Waals surface area contributed by atoms with Crippen LogP contribution >= 0.6 is 0 Å². The summed E-state index contributed by atoms with van der Waals surface area (Å²) >= 11 is 0. The number of anilines is 1. The lowest BCUT2D eigenvalue weighted by Gasteiger charge is -2.07. The van der Waals surface area contributed by atoms with Gasteiger partial charge in [-0.3, -0.25) is 0 Å². The Kier molecular flexibility index (Phi) is 5.77. The minimum absolute atomic E-state index is 0.555. The fourth-order valence-corrected chi connectivity index (χ4v) is 2.58. The normalized spacial score (nSPS) is 10.0. The van der Waals surface area contributed by atoms with Crippen LogP contribution in [0.1, 0.15) is 17.5 Å². The van der Waals surface area contributed by atoms with Crippen LogP contribution in [0, 0.1) is 18.4 Å². The maximum absolute atomic E-state index is 7.15. The topological polar surface area (TPSA) is 51.4 Å². The average Bonchev–Trinajstić information content (AvgIpc) is 2.69. The van der Waals surface area contributed by atoms with Gasteiger partial charge in [-0.1, -0.05) is 36.1 Å². The number of hydrogen-bond donors (Lipinski definition) is 1. The second-order valence-corrected chi connectivity index (χ2v) is 5.60. The van der Waals surface area contributed by atoms with Crippen LogP contribution in [-0.4, -0.2) is 23.6 Å². The molecular formula is C21H18N4O. The molecule has 3 rings (SSSR count). The van der Waals surface area contributed by atoms with E-state index < -0.39 is 0 Å². The number of ether oxygens (including phenoxy) is 1. The van der Waals surface area contributed by atoms with Crippen molar-refractivity contribution in [2.45, 2.75) is 13.0 Å². The van der Waals surface area contributed by atoms with E-state index in [9.17, 15) is 0 Å². The van der Waals surface area contributed by atoms with Crippen molar-refractivity contribution in [1.82, 2.24) is 9.97 Å². The first kappa shape index (κ1) is 17.4. The molecule has 1 aromatic heterocycles. The van der Waals surface area contributed by atoms with Crippen LogP contribution in [-0.2, 0) is 11.3 Å². The molecule has 0 aliphatic heterocycles. The summed E-state index contributed by atoms with van der Waals surface area (Å²) < 4.78 is 5.20. The standard InChI is InChI=1S/C21H18N4O/c1-22-18-10-11-20-19(13-18)21(25-15-24-20)23-12-6-5-8-16-7-3-4-9-17(16)14-26-2/h3-4,7,9-11,13,15H,6,12,14H2,2H3,(H,23,24,25). The molecule has 2 aromatic carbocycles. The fraction of sp³-hybridized carbons (Fsp3) is 0.190. The van der Waals surface area contributed by atoms with Crippen molar-refractivity contribution in [3.8, 4) is 11.8 Å². The maximum atomic E-state index is 7.15. The van der Waals surface area contributed by atoms with Crippen molar-refractivity contribution in [1.29, 1.82) is 0 Å². The molecule has 0 radical (unpaired) electrons. The Hall–Kier alpha value is -3.41. The van der Waals surface area contributed by atoms with E-state index in [0.717, 1.165) is 27.8 Å². The van der Waals surface area contributed by atoms with Gasteiger partial charge in [0.25, 0.3) is 0 Å². The van der Waals surface area contributed by atoms with Gasteiger partial charge in [0.2, 0.25) is 0 Å². The van der Waals surface area contributed by atoms with Crippen LogP contribution in [0.25, 0.3) is 15.7 Å². The van der Waals surface area contributed by atoms with Gasteiger partial charge >= 0.3 is 0 Å². The van der Waals surface area contributed by atoms with Crippen LogP contribution in [0.3, 0.4) is 0 Å². The highest BCUT2D eigenvalue weighted by Gasteiger charge is 2.04. The highest BCUT2D eigenvalue weighted by molar-refractivity contribution is 5.91. The number of methoxy groups -OCH3 is 1. The highest BCUT2D eigenvalue weighted by Crippen LogP contribution is 2.24. The Bertz CT molecular complexity index is 1010. The molecule has 1 heterocycles. The van der Waals surface area contributed by atoms with E-state index in [0.29, 0.717) is 25.3 Å². The van der Waals surface area contributed by atoms with Gasteiger partial charge < -0.3 is 10.1 Å². The Labute approximate surface area is 152 Å². The molecular weight excluding hydrogens is 324 g/mol. The predicted molar refractivity (Wildman–Crippen MR) is 103 cm³/mol. The SMILES string of the molecule is [C-]#[N+]c1ccc2ncnc(NCCC#Cc3ccccc3COC)c2c1. The Balaban J connectivity index is 1.67. The van der Waals surface area contributed by atoms with Crippen LogP contribution in [0.2, 0.25) is 0 Å². The second kappa shape index (κ2) is 8.62. The minimum Gasteiger partial charge on any atom is -0.380 e. The molecule has 0 aliphatic carbocycles. The summed E-state index contributed by atoms with van der Waals surface area (Å²) in [6.45, 7) is 8.36. The second-order valence-electron chi connectivity index (χ2n) is 5.60. The summed E-state index contributed by atoms with van der Waals surface area (Å²) in [5.74, 6) is 7.10. The third kappa shape index (κ3) is 4.16. The first-order valence-electron chi connectivity index (χ1n) is 8.23. The van der Waals surface area contributed by atoms with Crippen molar-refractivity contribution in [2.24, 2.45) is 0 Å². The molecule has 5 nitrogen and oxygen atoms in total. The summed E-state index contributed by atoms with van der Waals surface area (Å²) in [5.41, 5.74) is 3.46. The molecule has 5 heteroatoms. The van der Waals surface area contributed by atoms with E-state index >= 15 is 0 Å². The highest BCUT2D eigenvalue weighted by atomic mass is 16.5. The van der Waals surface area contributed by atoms with E-state index in [1.165, 1.54) is 6.33 Å². The zero-order valence-corrected chi connectivity index (χ0v) is 14.5. The zero-order valence-electron chi connectivity index (χ0n) is 14.5. The molecule has 0 fully saturated rings. The molecule has 128 valence electrons. The molecule has 0 unspecified atom stereocenters. The molecule has 0 bridgehead atoms. The lowest BCUT2D eigenvalue weighted by Crippen LogP contribution is -2.03. The molecule has 0 aliphatic rings. The molecule has 0 amide bonds. The van der Waals surface area contributed by atoms with Gasteiger partial charge in [-0.05, 0) is 23.8 Å². The number of nitrogens with zero attached hydrogens (tertiary/aromatic N) is 3. The molecule has 0 atom stereocenters. The first-order valence-corrected chi connectivity index (χ1v) is 8.23. The number of nitrogens with one attached hydrogen (secondary N) is 1. The largest absolute Gasteiger partial charge is 0.380 e. The van der Waals surface area contributed by atoms with Gasteiger partial charge in [-0.25, -0.2) is 14.8 Å². The lowest BCUT2D eigenvalue weighted by molar-refractivity contribution is 0.184. The minimum atomic E-state index is 0.555. The average molecular weight is 342 g/mol. The van der Waals surface area contributed by atoms with Gasteiger partial charge in [-0.2, -0.15) is 0 Å². The number of rotatable bonds is 5. The van der Waals surface area contributed by atoms with Crippen LogP contribution in [0.4, 0.5) is 11.5 Å². The molecule has 3 aromatic rings. The molecule has 26 heavy (non-hydrogen) atoms. The van der Waals surface area contributed by atoms with Gasteiger partial charge in [0, 0.05) is 31.0 Å². The van der Waals surface area contributed by atoms with E-state index in [1.54, 1.807) is 19.2 Å². The summed E-state index contributed by atoms with van der Waals surface area (Å²) in [6.07, 6.45) is 2.20. The Morgan fingerprint density at radius 2 is 2.08 bits per heavy atom. The maximum Gasteiger partial charge on any atom is 0.188 e. The monoisotopic (exact) mass is 342 g/mol. The summed E-state index contributed by atoms with van der Waals surface area (Å²) in [7, 11) is 1.68. The van der Waals surface area contributed by atoms with Crippen molar-refractivity contribution >= 4 is 22.4 Å². The summed E-state index contributed by atoms with van der Waals surface area (Å²) in [5, 5.41) is 4.13. The Morgan fingerprint density at radius 3 is 2.92 bits per heavy atom. The molecule has 1 N–H and O–H groups in total. The van der Waals surface area contributed by atoms with E-state index in [1.807, 2.05) is 30.3 Å². The van der Waals surface area contributed by atoms with Gasteiger partial charge in [0.05, 0.1) is 18.7 Å². The molecule has 0 saturated carbocycles. The molecule has 0 saturated heterocycles. The van der Waals surface area contributed by atoms with Crippen molar-refractivity contribution < 1.29 is 4.74 Å². The lowest BCUT2D eigenvalue weighted by atomic mass is 10.1. The third-order valence-corrected chi connectivity index (χ3v) is 3.83. The summed E-state index contributed by atoms with van der Waals surface area (Å²) in [4.78, 5) is 12.0. The van der Waals surface area contributed by atoms with Gasteiger partial charge in [0.1, 0.15) is 12.1 Å². The Morgan fingerprint density at radius 1 is 1.19 bits per heavy atom. The van der Waals surface area contributed by atoms with Crippen LogP contribution < -0.4 is 5.32 Å². The smallest absolute Gasteiger partial charge is 0.188 e. The van der Waals surface area contributed by atoms with E-state index in [-0.39, 0.29) is 0 Å². The predicted octanol–water partition coefficient (Wildman–Crippen LogP) is 4.18. The number of fused-ring (bicyclic) bond motifs is 1. The zero-order chi connectivity index (χ0) is 18.2. The number of aromatic nitrogens is 2. The van der Waals surface area contributed by atoms with Crippen molar-refractivity contribution in [2.75, 3.05) is 19.0 Å². The quantitative estimate of drug-likeness (QED) is 0.429. The van der Waals surface area contributed by atoms with E-state index in [2.05, 4.69) is 32.0 Å². The van der Waals surface area contributed by atoms with E-state index in [4.69, 9.17) is 11.3 Å². The molecule has 0 spiro atoms. The van der Waals surface area contributed by atoms with Crippen LogP contribution in [0.15, 0.2) is 48.8 Å². The summed E-state index contributed by atoms with van der Waals surface area (Å²) in [6, 6.07) is 13.4.